The molecule has 2 bridgehead atoms. The molecule has 0 amide bonds. The van der Waals surface area contributed by atoms with Crippen LogP contribution in [-0.2, 0) is 11.2 Å². The number of aryl methyl sites for hydroxylation is 1. The van der Waals surface area contributed by atoms with E-state index in [1.54, 1.807) is 7.11 Å². The molecule has 0 heterocycles. The number of carbonyl (C=O) groups is 1. The number of Topliss-reactive ketones (excluding diaryl/α,β-unsaturated/α-hetero) is 1. The first-order chi connectivity index (χ1) is 10.9. The Kier molecular flexibility index (Phi) is 3.05. The second-order valence-electron chi connectivity index (χ2n) is 7.79. The van der Waals surface area contributed by atoms with Gasteiger partial charge in [0.2, 0.25) is 0 Å². The van der Waals surface area contributed by atoms with Crippen LogP contribution in [0.15, 0.2) is 23.8 Å². The van der Waals surface area contributed by atoms with Crippen LogP contribution in [0.3, 0.4) is 0 Å². The van der Waals surface area contributed by atoms with Crippen molar-refractivity contribution in [1.29, 1.82) is 0 Å². The Morgan fingerprint density at radius 1 is 1.22 bits per heavy atom. The molecule has 1 saturated carbocycles. The molecule has 0 unspecified atom stereocenters. The fourth-order valence-electron chi connectivity index (χ4n) is 4.90. The highest BCUT2D eigenvalue weighted by Gasteiger charge is 2.56. The number of ether oxygens (including phenoxy) is 1. The summed E-state index contributed by atoms with van der Waals surface area (Å²) in [6, 6.07) is 6.25. The summed E-state index contributed by atoms with van der Waals surface area (Å²) in [5.74, 6) is 0.871. The molecule has 3 atom stereocenters. The highest BCUT2D eigenvalue weighted by molar-refractivity contribution is 5.98. The Bertz CT molecular complexity index is 728. The maximum atomic E-state index is 13.0. The van der Waals surface area contributed by atoms with Gasteiger partial charge in [0.1, 0.15) is 11.5 Å². The Hall–Kier alpha value is -1.61. The van der Waals surface area contributed by atoms with Gasteiger partial charge in [0.05, 0.1) is 18.6 Å². The minimum absolute atomic E-state index is 0.254. The van der Waals surface area contributed by atoms with Crippen molar-refractivity contribution in [3.63, 3.8) is 0 Å². The van der Waals surface area contributed by atoms with Crippen molar-refractivity contribution in [3.8, 4) is 5.75 Å². The number of carbonyl (C=O) groups excluding carboxylic acids is 1. The van der Waals surface area contributed by atoms with Crippen LogP contribution in [-0.4, -0.2) is 23.6 Å². The van der Waals surface area contributed by atoms with E-state index in [4.69, 9.17) is 4.74 Å². The summed E-state index contributed by atoms with van der Waals surface area (Å²) in [6.07, 6.45) is 4.07. The number of benzene rings is 1. The lowest BCUT2D eigenvalue weighted by molar-refractivity contribution is -0.148. The smallest absolute Gasteiger partial charge is 0.149 e. The molecule has 3 heteroatoms. The van der Waals surface area contributed by atoms with E-state index in [9.17, 15) is 9.90 Å². The van der Waals surface area contributed by atoms with Gasteiger partial charge in [-0.25, -0.2) is 0 Å². The number of hydrogen-bond acceptors (Lipinski definition) is 3. The molecule has 4 rings (SSSR count). The van der Waals surface area contributed by atoms with E-state index >= 15 is 0 Å². The zero-order valence-electron chi connectivity index (χ0n) is 14.1. The summed E-state index contributed by atoms with van der Waals surface area (Å²) < 4.78 is 5.35. The second kappa shape index (κ2) is 4.70. The first-order valence-corrected chi connectivity index (χ1v) is 8.53. The van der Waals surface area contributed by atoms with Crippen molar-refractivity contribution < 1.29 is 14.6 Å². The lowest BCUT2D eigenvalue weighted by atomic mass is 9.53. The summed E-state index contributed by atoms with van der Waals surface area (Å²) in [6.45, 7) is 3.93. The number of rotatable bonds is 1. The monoisotopic (exact) mass is 312 g/mol. The maximum Gasteiger partial charge on any atom is 0.149 e. The quantitative estimate of drug-likeness (QED) is 0.863. The minimum Gasteiger partial charge on any atom is -0.497 e. The third kappa shape index (κ3) is 1.96. The van der Waals surface area contributed by atoms with Crippen molar-refractivity contribution in [3.05, 3.63) is 34.9 Å². The average Bonchev–Trinajstić information content (AvgIpc) is 2.54. The predicted octanol–water partition coefficient (Wildman–Crippen LogP) is 3.54. The molecule has 1 aromatic carbocycles. The topological polar surface area (TPSA) is 46.5 Å². The van der Waals surface area contributed by atoms with Gasteiger partial charge in [-0.15, -0.1) is 0 Å². The lowest BCUT2D eigenvalue weighted by Gasteiger charge is -2.51. The van der Waals surface area contributed by atoms with Gasteiger partial charge in [0.25, 0.3) is 0 Å². The molecule has 0 saturated heterocycles. The normalized spacial score (nSPS) is 35.7. The third-order valence-corrected chi connectivity index (χ3v) is 6.46. The van der Waals surface area contributed by atoms with Gasteiger partial charge in [-0.3, -0.25) is 4.79 Å². The number of allylic oxidation sites excluding steroid dienone is 2. The molecule has 0 aliphatic heterocycles. The molecule has 3 aliphatic carbocycles. The molecule has 23 heavy (non-hydrogen) atoms. The number of ketones is 1. The summed E-state index contributed by atoms with van der Waals surface area (Å²) in [4.78, 5) is 13.0. The molecule has 0 radical (unpaired) electrons. The van der Waals surface area contributed by atoms with E-state index in [1.807, 2.05) is 13.0 Å². The standard InChI is InChI=1S/C20H24O3/c1-19-8-9-20(2,22)17(18(19)21)11-15-14-6-5-13(23-3)10-12(14)4-7-16(15)19/h5-6,10,17,22H,4,7-9,11H2,1-3H3/t17-,19+,20+/m1/s1. The first-order valence-electron chi connectivity index (χ1n) is 8.53. The van der Waals surface area contributed by atoms with Crippen LogP contribution in [0.4, 0.5) is 0 Å². The summed E-state index contributed by atoms with van der Waals surface area (Å²) in [7, 11) is 1.69. The molecule has 1 N–H and O–H groups in total. The van der Waals surface area contributed by atoms with Crippen molar-refractivity contribution in [1.82, 2.24) is 0 Å². The Labute approximate surface area is 137 Å². The van der Waals surface area contributed by atoms with E-state index in [-0.39, 0.29) is 17.1 Å². The number of fused-ring (bicyclic) bond motifs is 5. The van der Waals surface area contributed by atoms with Crippen LogP contribution in [0.2, 0.25) is 0 Å². The van der Waals surface area contributed by atoms with E-state index < -0.39 is 5.60 Å². The van der Waals surface area contributed by atoms with Gasteiger partial charge < -0.3 is 9.84 Å². The molecular weight excluding hydrogens is 288 g/mol. The molecule has 122 valence electrons. The molecule has 1 fully saturated rings. The third-order valence-electron chi connectivity index (χ3n) is 6.46. The van der Waals surface area contributed by atoms with Crippen molar-refractivity contribution in [2.24, 2.45) is 11.3 Å². The van der Waals surface area contributed by atoms with E-state index in [1.165, 1.54) is 22.3 Å². The van der Waals surface area contributed by atoms with E-state index in [2.05, 4.69) is 19.1 Å². The highest BCUT2D eigenvalue weighted by atomic mass is 16.5. The first kappa shape index (κ1) is 14.9. The SMILES string of the molecule is COc1ccc2c(c1)CCC1=C2C[C@@H]2C(=O)[C@@]1(C)CC[C@]2(C)O. The van der Waals surface area contributed by atoms with Gasteiger partial charge in [-0.2, -0.15) is 0 Å². The zero-order valence-corrected chi connectivity index (χ0v) is 14.1. The van der Waals surface area contributed by atoms with Crippen LogP contribution in [0.25, 0.3) is 5.57 Å². The van der Waals surface area contributed by atoms with Crippen LogP contribution in [0, 0.1) is 11.3 Å². The lowest BCUT2D eigenvalue weighted by Crippen LogP contribution is -2.54. The van der Waals surface area contributed by atoms with Gasteiger partial charge >= 0.3 is 0 Å². The zero-order chi connectivity index (χ0) is 16.4. The number of aliphatic hydroxyl groups is 1. The largest absolute Gasteiger partial charge is 0.497 e. The molecule has 1 aromatic rings. The van der Waals surface area contributed by atoms with Crippen LogP contribution in [0.5, 0.6) is 5.75 Å². The predicted molar refractivity (Wildman–Crippen MR) is 89.3 cm³/mol. The molecule has 3 aliphatic rings. The van der Waals surface area contributed by atoms with Gasteiger partial charge in [0, 0.05) is 5.41 Å². The maximum absolute atomic E-state index is 13.0. The minimum atomic E-state index is -0.876. The Balaban J connectivity index is 1.88. The molecular formula is C20H24O3. The summed E-state index contributed by atoms with van der Waals surface area (Å²) in [5, 5.41) is 10.7. The number of hydrogen-bond donors (Lipinski definition) is 1. The number of methoxy groups -OCH3 is 1. The fourth-order valence-corrected chi connectivity index (χ4v) is 4.90. The second-order valence-corrected chi connectivity index (χ2v) is 7.79. The molecule has 3 nitrogen and oxygen atoms in total. The Morgan fingerprint density at radius 2 is 2.00 bits per heavy atom. The summed E-state index contributed by atoms with van der Waals surface area (Å²) >= 11 is 0. The van der Waals surface area contributed by atoms with Crippen LogP contribution < -0.4 is 4.74 Å². The van der Waals surface area contributed by atoms with Crippen molar-refractivity contribution in [2.75, 3.05) is 7.11 Å². The van der Waals surface area contributed by atoms with Gasteiger partial charge in [0.15, 0.2) is 0 Å². The van der Waals surface area contributed by atoms with E-state index in [0.717, 1.165) is 25.0 Å². The highest BCUT2D eigenvalue weighted by Crippen LogP contribution is 2.57. The van der Waals surface area contributed by atoms with Crippen LogP contribution in [0.1, 0.15) is 50.7 Å². The van der Waals surface area contributed by atoms with Crippen molar-refractivity contribution in [2.45, 2.75) is 51.6 Å². The molecule has 0 aromatic heterocycles. The Morgan fingerprint density at radius 3 is 2.74 bits per heavy atom. The summed E-state index contributed by atoms with van der Waals surface area (Å²) in [5.41, 5.74) is 3.94. The fraction of sp³-hybridized carbons (Fsp3) is 0.550. The van der Waals surface area contributed by atoms with E-state index in [0.29, 0.717) is 12.8 Å². The average molecular weight is 312 g/mol. The van der Waals surface area contributed by atoms with Gasteiger partial charge in [-0.1, -0.05) is 11.6 Å². The van der Waals surface area contributed by atoms with Gasteiger partial charge in [-0.05, 0) is 74.8 Å². The van der Waals surface area contributed by atoms with Crippen LogP contribution >= 0.6 is 0 Å². The van der Waals surface area contributed by atoms with Crippen molar-refractivity contribution >= 4 is 11.4 Å². The molecule has 0 spiro atoms.